The predicted molar refractivity (Wildman–Crippen MR) is 83.0 cm³/mol. The van der Waals surface area contributed by atoms with Gasteiger partial charge in [-0.3, -0.25) is 9.89 Å². The average Bonchev–Trinajstić information content (AvgIpc) is 2.45. The lowest BCUT2D eigenvalue weighted by Crippen LogP contribution is -2.42. The molecule has 0 unspecified atom stereocenters. The molecule has 1 rings (SSSR count). The molecule has 1 aromatic rings. The Bertz CT molecular complexity index is 485. The molecule has 0 saturated heterocycles. The summed E-state index contributed by atoms with van der Waals surface area (Å²) in [4.78, 5) is 5.19. The molecule has 0 fully saturated rings. The first-order valence-electron chi connectivity index (χ1n) is 7.24. The maximum atomic E-state index is 12.8. The molecular formula is C15H22F4N4. The van der Waals surface area contributed by atoms with E-state index in [-0.39, 0.29) is 12.4 Å². The number of hydrogen-bond acceptors (Lipinski definition) is 2. The molecule has 23 heavy (non-hydrogen) atoms. The van der Waals surface area contributed by atoms with Crippen molar-refractivity contribution < 1.29 is 17.6 Å². The summed E-state index contributed by atoms with van der Waals surface area (Å²) in [5, 5.41) is 6.01. The molecule has 0 bridgehead atoms. The topological polar surface area (TPSA) is 39.7 Å². The first-order valence-corrected chi connectivity index (χ1v) is 7.24. The highest BCUT2D eigenvalue weighted by Gasteiger charge is 2.28. The van der Waals surface area contributed by atoms with Crippen LogP contribution in [0.25, 0.3) is 0 Å². The fourth-order valence-electron chi connectivity index (χ4n) is 1.95. The van der Waals surface area contributed by atoms with Crippen LogP contribution in [-0.2, 0) is 6.42 Å². The summed E-state index contributed by atoms with van der Waals surface area (Å²) in [6.07, 6.45) is -3.50. The zero-order chi connectivity index (χ0) is 17.3. The van der Waals surface area contributed by atoms with Crippen molar-refractivity contribution in [3.63, 3.8) is 0 Å². The summed E-state index contributed by atoms with van der Waals surface area (Å²) in [5.74, 6) is 0.245. The highest BCUT2D eigenvalue weighted by molar-refractivity contribution is 5.79. The smallest absolute Gasteiger partial charge is 0.356 e. The Labute approximate surface area is 133 Å². The molecular weight excluding hydrogens is 312 g/mol. The molecule has 4 nitrogen and oxygen atoms in total. The van der Waals surface area contributed by atoms with Crippen molar-refractivity contribution in [3.8, 4) is 0 Å². The van der Waals surface area contributed by atoms with Crippen molar-refractivity contribution in [2.75, 3.05) is 40.3 Å². The Hall–Kier alpha value is -1.83. The van der Waals surface area contributed by atoms with Crippen LogP contribution in [0.15, 0.2) is 29.3 Å². The highest BCUT2D eigenvalue weighted by atomic mass is 19.4. The van der Waals surface area contributed by atoms with Crippen molar-refractivity contribution in [1.82, 2.24) is 15.5 Å². The molecule has 0 aliphatic heterocycles. The number of likely N-dealkylation sites (N-methyl/N-ethyl adjacent to an activating group) is 1. The number of alkyl halides is 3. The Kier molecular flexibility index (Phi) is 7.80. The summed E-state index contributed by atoms with van der Waals surface area (Å²) in [7, 11) is 3.01. The van der Waals surface area contributed by atoms with E-state index in [2.05, 4.69) is 15.6 Å². The highest BCUT2D eigenvalue weighted by Crippen LogP contribution is 2.14. The predicted octanol–water partition coefficient (Wildman–Crippen LogP) is 2.03. The van der Waals surface area contributed by atoms with Gasteiger partial charge in [0.1, 0.15) is 5.82 Å². The monoisotopic (exact) mass is 334 g/mol. The number of hydrogen-bond donors (Lipinski definition) is 2. The zero-order valence-corrected chi connectivity index (χ0v) is 13.3. The minimum Gasteiger partial charge on any atom is -0.356 e. The minimum atomic E-state index is -4.19. The van der Waals surface area contributed by atoms with Gasteiger partial charge in [-0.2, -0.15) is 13.2 Å². The first-order chi connectivity index (χ1) is 10.8. The normalized spacial score (nSPS) is 12.6. The van der Waals surface area contributed by atoms with Gasteiger partial charge in [-0.05, 0) is 31.2 Å². The van der Waals surface area contributed by atoms with Gasteiger partial charge < -0.3 is 10.6 Å². The molecule has 0 aliphatic rings. The molecule has 0 amide bonds. The fourth-order valence-corrected chi connectivity index (χ4v) is 1.95. The van der Waals surface area contributed by atoms with Crippen LogP contribution in [0.2, 0.25) is 0 Å². The molecule has 0 heterocycles. The third-order valence-corrected chi connectivity index (χ3v) is 3.08. The molecule has 0 saturated carbocycles. The zero-order valence-electron chi connectivity index (χ0n) is 13.3. The maximum Gasteiger partial charge on any atom is 0.401 e. The number of benzene rings is 1. The van der Waals surface area contributed by atoms with E-state index >= 15 is 0 Å². The Morgan fingerprint density at radius 3 is 2.30 bits per heavy atom. The second-order valence-corrected chi connectivity index (χ2v) is 5.16. The van der Waals surface area contributed by atoms with Crippen LogP contribution in [0.1, 0.15) is 5.56 Å². The lowest BCUT2D eigenvalue weighted by molar-refractivity contribution is -0.142. The van der Waals surface area contributed by atoms with E-state index in [1.165, 1.54) is 24.1 Å². The average molecular weight is 334 g/mol. The summed E-state index contributed by atoms with van der Waals surface area (Å²) in [6, 6.07) is 6.22. The lowest BCUT2D eigenvalue weighted by Gasteiger charge is -2.19. The first kappa shape index (κ1) is 19.2. The lowest BCUT2D eigenvalue weighted by atomic mass is 10.1. The third kappa shape index (κ3) is 9.02. The van der Waals surface area contributed by atoms with Gasteiger partial charge in [0, 0.05) is 26.7 Å². The summed E-state index contributed by atoms with van der Waals surface area (Å²) >= 11 is 0. The van der Waals surface area contributed by atoms with Gasteiger partial charge in [0.2, 0.25) is 0 Å². The van der Waals surface area contributed by atoms with E-state index in [1.807, 2.05) is 0 Å². The summed E-state index contributed by atoms with van der Waals surface area (Å²) < 4.78 is 49.3. The van der Waals surface area contributed by atoms with Gasteiger partial charge in [0.15, 0.2) is 5.96 Å². The molecule has 0 spiro atoms. The quantitative estimate of drug-likeness (QED) is 0.455. The number of nitrogens with zero attached hydrogens (tertiary/aromatic N) is 2. The van der Waals surface area contributed by atoms with E-state index < -0.39 is 12.7 Å². The van der Waals surface area contributed by atoms with Crippen LogP contribution < -0.4 is 10.6 Å². The van der Waals surface area contributed by atoms with Crippen LogP contribution in [0, 0.1) is 5.82 Å². The molecule has 0 radical (unpaired) electrons. The number of nitrogens with one attached hydrogen (secondary N) is 2. The molecule has 2 N–H and O–H groups in total. The summed E-state index contributed by atoms with van der Waals surface area (Å²) in [6.45, 7) is 0.246. The molecule has 1 aromatic carbocycles. The second kappa shape index (κ2) is 9.34. The largest absolute Gasteiger partial charge is 0.401 e. The van der Waals surface area contributed by atoms with Gasteiger partial charge in [0.25, 0.3) is 0 Å². The standard InChI is InChI=1S/C15H22F4N4/c1-20-14(22-9-10-23(2)11-15(17,18)19)21-8-7-12-3-5-13(16)6-4-12/h3-6H,7-11H2,1-2H3,(H2,20,21,22). The van der Waals surface area contributed by atoms with Gasteiger partial charge in [-0.25, -0.2) is 4.39 Å². The van der Waals surface area contributed by atoms with Crippen molar-refractivity contribution in [1.29, 1.82) is 0 Å². The Balaban J connectivity index is 2.23. The Morgan fingerprint density at radius 2 is 1.74 bits per heavy atom. The number of rotatable bonds is 7. The van der Waals surface area contributed by atoms with Crippen molar-refractivity contribution in [2.24, 2.45) is 4.99 Å². The third-order valence-electron chi connectivity index (χ3n) is 3.08. The van der Waals surface area contributed by atoms with Crippen LogP contribution in [0.5, 0.6) is 0 Å². The van der Waals surface area contributed by atoms with Crippen molar-refractivity contribution in [3.05, 3.63) is 35.6 Å². The van der Waals surface area contributed by atoms with E-state index in [9.17, 15) is 17.6 Å². The molecule has 8 heteroatoms. The molecule has 0 aliphatic carbocycles. The van der Waals surface area contributed by atoms with Crippen molar-refractivity contribution in [2.45, 2.75) is 12.6 Å². The number of halogens is 4. The van der Waals surface area contributed by atoms with E-state index in [0.29, 0.717) is 25.5 Å². The summed E-state index contributed by atoms with van der Waals surface area (Å²) in [5.41, 5.74) is 0.985. The van der Waals surface area contributed by atoms with E-state index in [0.717, 1.165) is 5.56 Å². The van der Waals surface area contributed by atoms with E-state index in [1.54, 1.807) is 19.2 Å². The van der Waals surface area contributed by atoms with Crippen LogP contribution >= 0.6 is 0 Å². The van der Waals surface area contributed by atoms with Crippen LogP contribution in [0.3, 0.4) is 0 Å². The number of guanidine groups is 1. The maximum absolute atomic E-state index is 12.8. The fraction of sp³-hybridized carbons (Fsp3) is 0.533. The molecule has 0 aromatic heterocycles. The van der Waals surface area contributed by atoms with Gasteiger partial charge >= 0.3 is 6.18 Å². The SMILES string of the molecule is CN=C(NCCc1ccc(F)cc1)NCCN(C)CC(F)(F)F. The van der Waals surface area contributed by atoms with Gasteiger partial charge in [-0.15, -0.1) is 0 Å². The minimum absolute atomic E-state index is 0.248. The Morgan fingerprint density at radius 1 is 1.13 bits per heavy atom. The molecule has 0 atom stereocenters. The van der Waals surface area contributed by atoms with Gasteiger partial charge in [-0.1, -0.05) is 12.1 Å². The van der Waals surface area contributed by atoms with Crippen molar-refractivity contribution >= 4 is 5.96 Å². The van der Waals surface area contributed by atoms with Crippen LogP contribution in [-0.4, -0.2) is 57.3 Å². The molecule has 130 valence electrons. The van der Waals surface area contributed by atoms with E-state index in [4.69, 9.17) is 0 Å². The van der Waals surface area contributed by atoms with Gasteiger partial charge in [0.05, 0.1) is 6.54 Å². The number of aliphatic imine (C=N–C) groups is 1. The van der Waals surface area contributed by atoms with Crippen LogP contribution in [0.4, 0.5) is 17.6 Å². The second-order valence-electron chi connectivity index (χ2n) is 5.16.